The number of halogens is 2. The van der Waals surface area contributed by atoms with Crippen molar-refractivity contribution < 1.29 is 13.9 Å². The molecule has 0 radical (unpaired) electrons. The van der Waals surface area contributed by atoms with Gasteiger partial charge in [-0.05, 0) is 17.7 Å². The Morgan fingerprint density at radius 3 is 2.80 bits per heavy atom. The summed E-state index contributed by atoms with van der Waals surface area (Å²) in [4.78, 5) is 16.3. The highest BCUT2D eigenvalue weighted by atomic mass is 35.5. The van der Waals surface area contributed by atoms with Gasteiger partial charge in [-0.25, -0.2) is 14.2 Å². The number of anilines is 1. The first-order valence-corrected chi connectivity index (χ1v) is 8.72. The maximum absolute atomic E-state index is 13.0. The number of esters is 1. The number of hydrogen-bond donors (Lipinski definition) is 1. The SMILES string of the molecule is O=C(OCc1ccc(F)cc1Cl)c1csc(NCc2ccccc2)n1. The zero-order valence-electron chi connectivity index (χ0n) is 13.0. The third-order valence-electron chi connectivity index (χ3n) is 3.37. The van der Waals surface area contributed by atoms with E-state index in [1.54, 1.807) is 5.38 Å². The Morgan fingerprint density at radius 2 is 2.04 bits per heavy atom. The minimum absolute atomic E-state index is 0.0394. The lowest BCUT2D eigenvalue weighted by Crippen LogP contribution is -2.06. The molecule has 0 atom stereocenters. The number of thiazole rings is 1. The summed E-state index contributed by atoms with van der Waals surface area (Å²) in [7, 11) is 0. The Bertz CT molecular complexity index is 871. The summed E-state index contributed by atoms with van der Waals surface area (Å²) in [5, 5.41) is 5.64. The van der Waals surface area contributed by atoms with E-state index in [9.17, 15) is 9.18 Å². The van der Waals surface area contributed by atoms with Crippen LogP contribution in [0.3, 0.4) is 0 Å². The molecule has 1 aromatic heterocycles. The molecule has 0 aliphatic carbocycles. The molecule has 0 saturated heterocycles. The molecule has 7 heteroatoms. The highest BCUT2D eigenvalue weighted by molar-refractivity contribution is 7.13. The van der Waals surface area contributed by atoms with Crippen LogP contribution >= 0.6 is 22.9 Å². The summed E-state index contributed by atoms with van der Waals surface area (Å²) in [6.07, 6.45) is 0. The molecular formula is C18H14ClFN2O2S. The van der Waals surface area contributed by atoms with Gasteiger partial charge >= 0.3 is 5.97 Å². The summed E-state index contributed by atoms with van der Waals surface area (Å²) in [6, 6.07) is 13.8. The summed E-state index contributed by atoms with van der Waals surface area (Å²) in [5.41, 5.74) is 1.88. The summed E-state index contributed by atoms with van der Waals surface area (Å²) in [5.74, 6) is -0.988. The van der Waals surface area contributed by atoms with Crippen LogP contribution in [0.25, 0.3) is 0 Å². The fraction of sp³-hybridized carbons (Fsp3) is 0.111. The van der Waals surface area contributed by atoms with Crippen LogP contribution < -0.4 is 5.32 Å². The first kappa shape index (κ1) is 17.4. The van der Waals surface area contributed by atoms with Crippen LogP contribution in [0.2, 0.25) is 5.02 Å². The standard InChI is InChI=1S/C18H14ClFN2O2S/c19-15-8-14(20)7-6-13(15)10-24-17(23)16-11-25-18(22-16)21-9-12-4-2-1-3-5-12/h1-8,11H,9-10H2,(H,21,22). The van der Waals surface area contributed by atoms with E-state index < -0.39 is 11.8 Å². The highest BCUT2D eigenvalue weighted by Crippen LogP contribution is 2.20. The number of hydrogen-bond acceptors (Lipinski definition) is 5. The van der Waals surface area contributed by atoms with Crippen molar-refractivity contribution in [3.8, 4) is 0 Å². The van der Waals surface area contributed by atoms with Crippen LogP contribution in [0.15, 0.2) is 53.9 Å². The molecule has 2 aromatic carbocycles. The Morgan fingerprint density at radius 1 is 1.24 bits per heavy atom. The highest BCUT2D eigenvalue weighted by Gasteiger charge is 2.13. The zero-order valence-corrected chi connectivity index (χ0v) is 14.6. The van der Waals surface area contributed by atoms with Crippen molar-refractivity contribution in [3.05, 3.63) is 81.6 Å². The zero-order chi connectivity index (χ0) is 17.6. The van der Waals surface area contributed by atoms with E-state index in [0.29, 0.717) is 17.2 Å². The molecule has 25 heavy (non-hydrogen) atoms. The van der Waals surface area contributed by atoms with Gasteiger partial charge in [0.2, 0.25) is 0 Å². The summed E-state index contributed by atoms with van der Waals surface area (Å²) >= 11 is 7.23. The van der Waals surface area contributed by atoms with Crippen molar-refractivity contribution in [2.45, 2.75) is 13.2 Å². The molecule has 0 bridgehead atoms. The predicted octanol–water partition coefficient (Wildman–Crippen LogP) is 4.90. The van der Waals surface area contributed by atoms with Crippen molar-refractivity contribution in [1.29, 1.82) is 0 Å². The molecule has 3 aromatic rings. The van der Waals surface area contributed by atoms with Crippen LogP contribution in [0.5, 0.6) is 0 Å². The van der Waals surface area contributed by atoms with Gasteiger partial charge < -0.3 is 10.1 Å². The Hall–Kier alpha value is -2.44. The minimum Gasteiger partial charge on any atom is -0.456 e. The van der Waals surface area contributed by atoms with Crippen molar-refractivity contribution >= 4 is 34.0 Å². The number of nitrogens with one attached hydrogen (secondary N) is 1. The number of aromatic nitrogens is 1. The average Bonchev–Trinajstić information content (AvgIpc) is 3.09. The monoisotopic (exact) mass is 376 g/mol. The Labute approximate surface area is 153 Å². The van der Waals surface area contributed by atoms with Crippen molar-refractivity contribution in [2.75, 3.05) is 5.32 Å². The third-order valence-corrected chi connectivity index (χ3v) is 4.53. The van der Waals surface area contributed by atoms with Gasteiger partial charge in [0.05, 0.1) is 5.02 Å². The lowest BCUT2D eigenvalue weighted by atomic mass is 10.2. The molecule has 4 nitrogen and oxygen atoms in total. The first-order chi connectivity index (χ1) is 12.1. The maximum Gasteiger partial charge on any atom is 0.358 e. The number of rotatable bonds is 6. The summed E-state index contributed by atoms with van der Waals surface area (Å²) < 4.78 is 18.2. The largest absolute Gasteiger partial charge is 0.456 e. The normalized spacial score (nSPS) is 10.5. The Balaban J connectivity index is 1.55. The van der Waals surface area contributed by atoms with Gasteiger partial charge in [-0.1, -0.05) is 48.0 Å². The molecule has 0 aliphatic heterocycles. The predicted molar refractivity (Wildman–Crippen MR) is 96.4 cm³/mol. The van der Waals surface area contributed by atoms with E-state index >= 15 is 0 Å². The van der Waals surface area contributed by atoms with Crippen LogP contribution in [-0.2, 0) is 17.9 Å². The summed E-state index contributed by atoms with van der Waals surface area (Å²) in [6.45, 7) is 0.580. The van der Waals surface area contributed by atoms with Crippen molar-refractivity contribution in [3.63, 3.8) is 0 Å². The molecule has 0 saturated carbocycles. The molecule has 0 aliphatic rings. The molecule has 0 fully saturated rings. The number of benzene rings is 2. The minimum atomic E-state index is -0.551. The van der Waals surface area contributed by atoms with Crippen LogP contribution in [0.4, 0.5) is 9.52 Å². The number of ether oxygens (including phenoxy) is 1. The van der Waals surface area contributed by atoms with Crippen molar-refractivity contribution in [1.82, 2.24) is 4.98 Å². The smallest absolute Gasteiger partial charge is 0.358 e. The van der Waals surface area contributed by atoms with Gasteiger partial charge in [-0.3, -0.25) is 0 Å². The molecule has 3 rings (SSSR count). The van der Waals surface area contributed by atoms with Gasteiger partial charge in [0.25, 0.3) is 0 Å². The second kappa shape index (κ2) is 8.09. The van der Waals surface area contributed by atoms with Gasteiger partial charge in [0.1, 0.15) is 12.4 Å². The van der Waals surface area contributed by atoms with E-state index in [-0.39, 0.29) is 17.3 Å². The molecule has 1 N–H and O–H groups in total. The molecule has 0 spiro atoms. The molecule has 1 heterocycles. The molecule has 0 amide bonds. The molecule has 128 valence electrons. The van der Waals surface area contributed by atoms with Crippen LogP contribution in [-0.4, -0.2) is 11.0 Å². The van der Waals surface area contributed by atoms with E-state index in [4.69, 9.17) is 16.3 Å². The van der Waals surface area contributed by atoms with Gasteiger partial charge in [0, 0.05) is 17.5 Å². The van der Waals surface area contributed by atoms with E-state index in [0.717, 1.165) is 5.56 Å². The number of carbonyl (C=O) groups is 1. The lowest BCUT2D eigenvalue weighted by molar-refractivity contribution is 0.0467. The lowest BCUT2D eigenvalue weighted by Gasteiger charge is -2.05. The topological polar surface area (TPSA) is 51.2 Å². The average molecular weight is 377 g/mol. The van der Waals surface area contributed by atoms with Gasteiger partial charge in [-0.15, -0.1) is 11.3 Å². The number of nitrogens with zero attached hydrogens (tertiary/aromatic N) is 1. The van der Waals surface area contributed by atoms with Crippen LogP contribution in [0, 0.1) is 5.82 Å². The second-order valence-electron chi connectivity index (χ2n) is 5.19. The van der Waals surface area contributed by atoms with Gasteiger partial charge in [-0.2, -0.15) is 0 Å². The maximum atomic E-state index is 13.0. The number of carbonyl (C=O) groups excluding carboxylic acids is 1. The quantitative estimate of drug-likeness (QED) is 0.621. The first-order valence-electron chi connectivity index (χ1n) is 7.46. The fourth-order valence-corrected chi connectivity index (χ4v) is 2.98. The Kier molecular flexibility index (Phi) is 5.63. The van der Waals surface area contributed by atoms with E-state index in [1.165, 1.54) is 29.5 Å². The van der Waals surface area contributed by atoms with Gasteiger partial charge in [0.15, 0.2) is 10.8 Å². The molecule has 0 unspecified atom stereocenters. The van der Waals surface area contributed by atoms with E-state index in [2.05, 4.69) is 10.3 Å². The van der Waals surface area contributed by atoms with E-state index in [1.807, 2.05) is 30.3 Å². The van der Waals surface area contributed by atoms with Crippen LogP contribution in [0.1, 0.15) is 21.6 Å². The second-order valence-corrected chi connectivity index (χ2v) is 6.45. The third kappa shape index (κ3) is 4.78. The fourth-order valence-electron chi connectivity index (χ4n) is 2.08. The van der Waals surface area contributed by atoms with Crippen molar-refractivity contribution in [2.24, 2.45) is 0 Å². The molecular weight excluding hydrogens is 363 g/mol.